The van der Waals surface area contributed by atoms with Crippen LogP contribution in [0.4, 0.5) is 5.69 Å². The molecule has 26 heavy (non-hydrogen) atoms. The second kappa shape index (κ2) is 8.52. The first-order valence-corrected chi connectivity index (χ1v) is 9.93. The molecule has 140 valence electrons. The Hall–Kier alpha value is -2.10. The maximum atomic E-state index is 12.6. The number of hydrogen-bond acceptors (Lipinski definition) is 5. The number of hydroxylamine groups is 2. The highest BCUT2D eigenvalue weighted by Crippen LogP contribution is 2.29. The molecule has 2 aromatic rings. The van der Waals surface area contributed by atoms with Crippen molar-refractivity contribution in [2.24, 2.45) is 0 Å². The summed E-state index contributed by atoms with van der Waals surface area (Å²) in [5.74, 6) is 0.166. The molecule has 0 aromatic heterocycles. The summed E-state index contributed by atoms with van der Waals surface area (Å²) in [6.45, 7) is 2.36. The third kappa shape index (κ3) is 4.75. The van der Waals surface area contributed by atoms with E-state index in [1.807, 2.05) is 6.92 Å². The zero-order valence-corrected chi connectivity index (χ0v) is 16.9. The van der Waals surface area contributed by atoms with E-state index in [9.17, 15) is 13.2 Å². The van der Waals surface area contributed by atoms with E-state index in [0.29, 0.717) is 22.5 Å². The van der Waals surface area contributed by atoms with Gasteiger partial charge in [-0.1, -0.05) is 6.07 Å². The zero-order valence-electron chi connectivity index (χ0n) is 14.5. The van der Waals surface area contributed by atoms with Crippen molar-refractivity contribution in [3.8, 4) is 5.75 Å². The zero-order chi connectivity index (χ0) is 19.3. The topological polar surface area (TPSA) is 84.9 Å². The van der Waals surface area contributed by atoms with Gasteiger partial charge in [-0.25, -0.2) is 13.5 Å². The third-order valence-electron chi connectivity index (χ3n) is 3.44. The molecular formula is C17H19BrN2O5S. The molecule has 0 saturated heterocycles. The maximum absolute atomic E-state index is 12.6. The first kappa shape index (κ1) is 20.2. The van der Waals surface area contributed by atoms with Crippen LogP contribution < -0.4 is 9.46 Å². The first-order chi connectivity index (χ1) is 12.3. The molecule has 0 atom stereocenters. The molecule has 0 unspecified atom stereocenters. The van der Waals surface area contributed by atoms with Gasteiger partial charge in [0.2, 0.25) is 0 Å². The number of rotatable bonds is 7. The lowest BCUT2D eigenvalue weighted by Crippen LogP contribution is -2.25. The van der Waals surface area contributed by atoms with Crippen LogP contribution in [-0.2, 0) is 14.9 Å². The summed E-state index contributed by atoms with van der Waals surface area (Å²) in [5.41, 5.74) is 0.566. The number of carbonyl (C=O) groups is 1. The number of anilines is 1. The van der Waals surface area contributed by atoms with Gasteiger partial charge in [0.05, 0.1) is 28.8 Å². The SMILES string of the molecule is CCOc1ccc(NS(=O)(=O)c2cccc(C(=O)N(C)OC)c2)cc1Br. The molecule has 0 fully saturated rings. The van der Waals surface area contributed by atoms with Gasteiger partial charge in [0, 0.05) is 12.6 Å². The number of carbonyl (C=O) groups excluding carboxylic acids is 1. The summed E-state index contributed by atoms with van der Waals surface area (Å²) >= 11 is 3.34. The molecule has 1 amide bonds. The van der Waals surface area contributed by atoms with Crippen LogP contribution in [0.2, 0.25) is 0 Å². The molecule has 0 aliphatic heterocycles. The summed E-state index contributed by atoms with van der Waals surface area (Å²) in [7, 11) is -1.07. The molecular weight excluding hydrogens is 424 g/mol. The van der Waals surface area contributed by atoms with Crippen LogP contribution >= 0.6 is 15.9 Å². The predicted octanol–water partition coefficient (Wildman–Crippen LogP) is 3.28. The summed E-state index contributed by atoms with van der Waals surface area (Å²) in [6.07, 6.45) is 0. The minimum absolute atomic E-state index is 0.0298. The van der Waals surface area contributed by atoms with E-state index in [2.05, 4.69) is 20.7 Å². The number of amides is 1. The van der Waals surface area contributed by atoms with E-state index < -0.39 is 15.9 Å². The van der Waals surface area contributed by atoms with Crippen LogP contribution in [0.1, 0.15) is 17.3 Å². The standard InChI is InChI=1S/C17H19BrN2O5S/c1-4-25-16-9-8-13(11-15(16)18)19-26(22,23)14-7-5-6-12(10-14)17(21)20(2)24-3/h5-11,19H,4H2,1-3H3. The molecule has 2 aromatic carbocycles. The Labute approximate surface area is 161 Å². The normalized spacial score (nSPS) is 11.1. The van der Waals surface area contributed by atoms with Crippen LogP contribution in [0.5, 0.6) is 5.75 Å². The average molecular weight is 443 g/mol. The second-order valence-corrected chi connectivity index (χ2v) is 7.73. The molecule has 0 heterocycles. The van der Waals surface area contributed by atoms with E-state index in [-0.39, 0.29) is 10.5 Å². The van der Waals surface area contributed by atoms with Gasteiger partial charge in [-0.15, -0.1) is 0 Å². The number of sulfonamides is 1. The van der Waals surface area contributed by atoms with Gasteiger partial charge < -0.3 is 4.74 Å². The Bertz CT molecular complexity index is 902. The van der Waals surface area contributed by atoms with Gasteiger partial charge >= 0.3 is 0 Å². The highest BCUT2D eigenvalue weighted by molar-refractivity contribution is 9.10. The molecule has 9 heteroatoms. The van der Waals surface area contributed by atoms with Crippen molar-refractivity contribution in [1.82, 2.24) is 5.06 Å². The van der Waals surface area contributed by atoms with Gasteiger partial charge in [-0.05, 0) is 59.3 Å². The molecule has 0 radical (unpaired) electrons. The molecule has 7 nitrogen and oxygen atoms in total. The summed E-state index contributed by atoms with van der Waals surface area (Å²) < 4.78 is 33.8. The summed E-state index contributed by atoms with van der Waals surface area (Å²) in [5, 5.41) is 1.02. The van der Waals surface area contributed by atoms with Gasteiger partial charge in [0.15, 0.2) is 0 Å². The van der Waals surface area contributed by atoms with E-state index in [0.717, 1.165) is 5.06 Å². The van der Waals surface area contributed by atoms with Crippen LogP contribution in [0.3, 0.4) is 0 Å². The third-order valence-corrected chi connectivity index (χ3v) is 5.43. The second-order valence-electron chi connectivity index (χ2n) is 5.20. The van der Waals surface area contributed by atoms with Crippen molar-refractivity contribution in [1.29, 1.82) is 0 Å². The van der Waals surface area contributed by atoms with Crippen molar-refractivity contribution in [3.63, 3.8) is 0 Å². The first-order valence-electron chi connectivity index (χ1n) is 7.66. The molecule has 1 N–H and O–H groups in total. The molecule has 0 bridgehead atoms. The summed E-state index contributed by atoms with van der Waals surface area (Å²) in [4.78, 5) is 16.9. The largest absolute Gasteiger partial charge is 0.493 e. The Kier molecular flexibility index (Phi) is 6.63. The minimum atomic E-state index is -3.87. The Balaban J connectivity index is 2.28. The minimum Gasteiger partial charge on any atom is -0.493 e. The fraction of sp³-hybridized carbons (Fsp3) is 0.235. The van der Waals surface area contributed by atoms with Crippen LogP contribution in [0.15, 0.2) is 51.8 Å². The van der Waals surface area contributed by atoms with Crippen molar-refractivity contribution in [2.75, 3.05) is 25.5 Å². The molecule has 0 saturated carbocycles. The lowest BCUT2D eigenvalue weighted by atomic mass is 10.2. The van der Waals surface area contributed by atoms with Gasteiger partial charge in [0.25, 0.3) is 15.9 Å². The van der Waals surface area contributed by atoms with Crippen molar-refractivity contribution in [3.05, 3.63) is 52.5 Å². The molecule has 0 aliphatic carbocycles. The highest BCUT2D eigenvalue weighted by atomic mass is 79.9. The lowest BCUT2D eigenvalue weighted by molar-refractivity contribution is -0.0757. The fourth-order valence-electron chi connectivity index (χ4n) is 2.11. The number of benzene rings is 2. The van der Waals surface area contributed by atoms with E-state index >= 15 is 0 Å². The fourth-order valence-corrected chi connectivity index (χ4v) is 3.70. The van der Waals surface area contributed by atoms with Gasteiger partial charge in [-0.2, -0.15) is 0 Å². The number of hydrogen-bond donors (Lipinski definition) is 1. The van der Waals surface area contributed by atoms with Crippen molar-refractivity contribution in [2.45, 2.75) is 11.8 Å². The van der Waals surface area contributed by atoms with E-state index in [4.69, 9.17) is 9.57 Å². The van der Waals surface area contributed by atoms with E-state index in [1.54, 1.807) is 18.2 Å². The van der Waals surface area contributed by atoms with Crippen molar-refractivity contribution < 1.29 is 22.8 Å². The highest BCUT2D eigenvalue weighted by Gasteiger charge is 2.18. The Morgan fingerprint density at radius 3 is 2.58 bits per heavy atom. The Morgan fingerprint density at radius 2 is 1.96 bits per heavy atom. The monoisotopic (exact) mass is 442 g/mol. The Morgan fingerprint density at radius 1 is 1.23 bits per heavy atom. The molecule has 0 spiro atoms. The smallest absolute Gasteiger partial charge is 0.277 e. The van der Waals surface area contributed by atoms with E-state index in [1.165, 1.54) is 38.4 Å². The maximum Gasteiger partial charge on any atom is 0.277 e. The quantitative estimate of drug-likeness (QED) is 0.664. The summed E-state index contributed by atoms with van der Waals surface area (Å²) in [6, 6.07) is 10.6. The lowest BCUT2D eigenvalue weighted by Gasteiger charge is -2.14. The van der Waals surface area contributed by atoms with Crippen LogP contribution in [0, 0.1) is 0 Å². The van der Waals surface area contributed by atoms with Gasteiger partial charge in [-0.3, -0.25) is 14.4 Å². The molecule has 0 aliphatic rings. The number of halogens is 1. The number of ether oxygens (including phenoxy) is 1. The molecule has 2 rings (SSSR count). The number of nitrogens with zero attached hydrogens (tertiary/aromatic N) is 1. The number of nitrogens with one attached hydrogen (secondary N) is 1. The predicted molar refractivity (Wildman–Crippen MR) is 102 cm³/mol. The van der Waals surface area contributed by atoms with Crippen molar-refractivity contribution >= 4 is 37.5 Å². The van der Waals surface area contributed by atoms with Crippen LogP contribution in [0.25, 0.3) is 0 Å². The van der Waals surface area contributed by atoms with Crippen LogP contribution in [-0.4, -0.2) is 40.2 Å². The average Bonchev–Trinajstić information content (AvgIpc) is 2.62. The van der Waals surface area contributed by atoms with Gasteiger partial charge in [0.1, 0.15) is 5.75 Å².